The van der Waals surface area contributed by atoms with Gasteiger partial charge in [0.2, 0.25) is 0 Å². The molecule has 0 nitrogen and oxygen atoms in total. The third-order valence-electron chi connectivity index (χ3n) is 5.64. The number of unbranched alkanes of at least 4 members (excludes halogenated alkanes) is 2. The minimum Gasteiger partial charge on any atom is -0.343 e. The molecule has 30 heavy (non-hydrogen) atoms. The summed E-state index contributed by atoms with van der Waals surface area (Å²) in [6.45, 7) is 10.0. The first-order valence-electron chi connectivity index (χ1n) is 11.7. The van der Waals surface area contributed by atoms with Crippen molar-refractivity contribution in [2.24, 2.45) is 11.8 Å². The maximum Gasteiger partial charge on any atom is 4.00 e. The molecular weight excluding hydrogens is 543 g/mol. The Bertz CT molecular complexity index is 525. The third kappa shape index (κ3) is 13.2. The second-order valence-electron chi connectivity index (χ2n) is 8.38. The summed E-state index contributed by atoms with van der Waals surface area (Å²) in [5, 5.41) is 1.55. The quantitative estimate of drug-likeness (QED) is 0.238. The molecule has 0 amide bonds. The smallest absolute Gasteiger partial charge is 0.343 e. The monoisotopic (exact) mass is 588 g/mol. The van der Waals surface area contributed by atoms with Crippen LogP contribution >= 0.6 is 0 Å². The molecule has 0 aromatic rings. The Labute approximate surface area is 210 Å². The van der Waals surface area contributed by atoms with E-state index in [-0.39, 0.29) is 25.8 Å². The number of rotatable bonds is 4. The van der Waals surface area contributed by atoms with Gasteiger partial charge in [-0.15, -0.1) is 42.3 Å². The Balaban J connectivity index is 0.000000385. The van der Waals surface area contributed by atoms with Crippen LogP contribution in [0.25, 0.3) is 0 Å². The summed E-state index contributed by atoms with van der Waals surface area (Å²) < 4.78 is 0. The zero-order valence-electron chi connectivity index (χ0n) is 19.8. The van der Waals surface area contributed by atoms with Gasteiger partial charge in [-0.25, -0.2) is 36.1 Å². The molecule has 0 spiro atoms. The summed E-state index contributed by atoms with van der Waals surface area (Å²) in [6, 6.07) is 0. The minimum atomic E-state index is 0. The molecule has 0 aromatic carbocycles. The molecule has 2 atom stereocenters. The van der Waals surface area contributed by atoms with E-state index in [0.717, 1.165) is 18.3 Å². The zero-order valence-corrected chi connectivity index (χ0v) is 24.8. The number of hydrogen-bond acceptors (Lipinski definition) is 0. The van der Waals surface area contributed by atoms with Crippen molar-refractivity contribution in [3.05, 3.63) is 73.8 Å². The molecule has 0 aromatic heterocycles. The molecule has 2 fully saturated rings. The Morgan fingerprint density at radius 2 is 1.53 bits per heavy atom. The fourth-order valence-corrected chi connectivity index (χ4v) is 3.92. The first-order valence-corrected chi connectivity index (χ1v) is 12.4. The Morgan fingerprint density at radius 3 is 1.83 bits per heavy atom. The SMILES string of the molecule is C1=CCC2CC[CH-]C2=C1.C1=CCC2CC[CH-]C2=C1.C[CH-]CCC(C)=[SiH2].[CH2-]CCC.[Hf+4]. The van der Waals surface area contributed by atoms with Gasteiger partial charge in [-0.05, 0) is 41.5 Å². The summed E-state index contributed by atoms with van der Waals surface area (Å²) in [5.41, 5.74) is 3.16. The molecule has 0 radical (unpaired) electrons. The van der Waals surface area contributed by atoms with Gasteiger partial charge in [-0.3, -0.25) is 0 Å². The van der Waals surface area contributed by atoms with Crippen LogP contribution in [-0.2, 0) is 25.8 Å². The van der Waals surface area contributed by atoms with Crippen LogP contribution in [0, 0.1) is 38.0 Å². The largest absolute Gasteiger partial charge is 4.00 e. The molecule has 0 heterocycles. The molecule has 0 saturated heterocycles. The van der Waals surface area contributed by atoms with Crippen LogP contribution in [-0.4, -0.2) is 15.0 Å². The minimum absolute atomic E-state index is 0. The van der Waals surface area contributed by atoms with E-state index in [1.54, 1.807) is 16.3 Å². The predicted molar refractivity (Wildman–Crippen MR) is 136 cm³/mol. The summed E-state index contributed by atoms with van der Waals surface area (Å²) in [6.07, 6.45) is 33.1. The first kappa shape index (κ1) is 29.7. The Hall–Kier alpha value is -0.343. The normalized spacial score (nSPS) is 21.7. The van der Waals surface area contributed by atoms with Crippen LogP contribution in [0.3, 0.4) is 0 Å². The van der Waals surface area contributed by atoms with Crippen molar-refractivity contribution >= 4 is 15.0 Å². The van der Waals surface area contributed by atoms with Gasteiger partial charge in [0.15, 0.2) is 0 Å². The van der Waals surface area contributed by atoms with Gasteiger partial charge in [0.05, 0.1) is 0 Å². The molecule has 0 aliphatic heterocycles. The van der Waals surface area contributed by atoms with Crippen molar-refractivity contribution in [2.45, 2.75) is 85.0 Å². The standard InChI is InChI=1S/2C9H11.C6H13Si.C4H9.Hf/c2*1-2-5-9-7-3-6-8(9)4-1;1-3-4-5-6(2)7;1-3-4-2;/h2*1-2,4,6,9H,3,5,7H2;3H,4-5,7H2,1-2H3;1,3-4H2,2H3;/q4*-1;+4. The van der Waals surface area contributed by atoms with Crippen molar-refractivity contribution in [1.29, 1.82) is 0 Å². The number of hydrogen-bond donors (Lipinski definition) is 0. The molecular formula is C28H44HfSi. The van der Waals surface area contributed by atoms with Crippen molar-refractivity contribution in [3.8, 4) is 0 Å². The van der Waals surface area contributed by atoms with Crippen LogP contribution in [0.5, 0.6) is 0 Å². The van der Waals surface area contributed by atoms with Gasteiger partial charge < -0.3 is 13.3 Å². The molecule has 4 rings (SSSR count). The van der Waals surface area contributed by atoms with E-state index < -0.39 is 0 Å². The van der Waals surface area contributed by atoms with Gasteiger partial charge in [-0.2, -0.15) is 19.8 Å². The van der Waals surface area contributed by atoms with E-state index >= 15 is 0 Å². The molecule has 0 N–H and O–H groups in total. The molecule has 0 bridgehead atoms. The van der Waals surface area contributed by atoms with E-state index in [1.807, 2.05) is 9.85 Å². The van der Waals surface area contributed by atoms with Crippen LogP contribution in [0.4, 0.5) is 0 Å². The second kappa shape index (κ2) is 19.4. The van der Waals surface area contributed by atoms with E-state index in [9.17, 15) is 0 Å². The van der Waals surface area contributed by atoms with E-state index in [1.165, 1.54) is 57.8 Å². The Morgan fingerprint density at radius 1 is 1.07 bits per heavy atom. The van der Waals surface area contributed by atoms with Gasteiger partial charge in [0.1, 0.15) is 0 Å². The molecule has 164 valence electrons. The molecule has 4 aliphatic rings. The van der Waals surface area contributed by atoms with Gasteiger partial charge in [0, 0.05) is 0 Å². The van der Waals surface area contributed by atoms with Gasteiger partial charge >= 0.3 is 25.8 Å². The van der Waals surface area contributed by atoms with E-state index in [0.29, 0.717) is 0 Å². The molecule has 4 aliphatic carbocycles. The molecule has 2 heteroatoms. The number of allylic oxidation sites excluding steroid dienone is 8. The maximum absolute atomic E-state index is 3.60. The molecule has 2 saturated carbocycles. The van der Waals surface area contributed by atoms with E-state index in [4.69, 9.17) is 0 Å². The second-order valence-corrected chi connectivity index (χ2v) is 9.58. The third-order valence-corrected chi connectivity index (χ3v) is 5.99. The fraction of sp³-hybridized carbons (Fsp3) is 0.536. The summed E-state index contributed by atoms with van der Waals surface area (Å²) >= 11 is 0. The fourth-order valence-electron chi connectivity index (χ4n) is 3.72. The average molecular weight is 587 g/mol. The topological polar surface area (TPSA) is 0 Å². The van der Waals surface area contributed by atoms with Crippen molar-refractivity contribution < 1.29 is 25.8 Å². The van der Waals surface area contributed by atoms with Crippen molar-refractivity contribution in [3.63, 3.8) is 0 Å². The summed E-state index contributed by atoms with van der Waals surface area (Å²) in [5.74, 6) is 1.77. The molecule has 2 unspecified atom stereocenters. The van der Waals surface area contributed by atoms with Crippen LogP contribution in [0.2, 0.25) is 0 Å². The average Bonchev–Trinajstić information content (AvgIpc) is 3.42. The van der Waals surface area contributed by atoms with Crippen molar-refractivity contribution in [1.82, 2.24) is 0 Å². The summed E-state index contributed by atoms with van der Waals surface area (Å²) in [4.78, 5) is 0. The van der Waals surface area contributed by atoms with Crippen LogP contribution < -0.4 is 0 Å². The number of fused-ring (bicyclic) bond motifs is 2. The van der Waals surface area contributed by atoms with Gasteiger partial charge in [-0.1, -0.05) is 32.6 Å². The Kier molecular flexibility index (Phi) is 19.1. The maximum atomic E-state index is 3.60. The first-order chi connectivity index (χ1) is 14.1. The van der Waals surface area contributed by atoms with E-state index in [2.05, 4.69) is 83.4 Å². The predicted octanol–water partition coefficient (Wildman–Crippen LogP) is 7.41. The van der Waals surface area contributed by atoms with Crippen LogP contribution in [0.1, 0.15) is 85.0 Å². The zero-order chi connectivity index (χ0) is 21.3. The van der Waals surface area contributed by atoms with Crippen molar-refractivity contribution in [2.75, 3.05) is 0 Å². The summed E-state index contributed by atoms with van der Waals surface area (Å²) in [7, 11) is 1.99. The van der Waals surface area contributed by atoms with Crippen LogP contribution in [0.15, 0.2) is 47.6 Å². The van der Waals surface area contributed by atoms with Gasteiger partial charge in [0.25, 0.3) is 0 Å².